The molecule has 112 valence electrons. The van der Waals surface area contributed by atoms with Crippen molar-refractivity contribution in [1.29, 1.82) is 0 Å². The summed E-state index contributed by atoms with van der Waals surface area (Å²) in [6.07, 6.45) is 1.34. The molecule has 0 aliphatic heterocycles. The Balaban J connectivity index is 1.81. The zero-order chi connectivity index (χ0) is 15.4. The minimum Gasteiger partial charge on any atom is -0.345 e. The highest BCUT2D eigenvalue weighted by atomic mass is 35.5. The highest BCUT2D eigenvalue weighted by Crippen LogP contribution is 2.19. The lowest BCUT2D eigenvalue weighted by Gasteiger charge is -2.08. The van der Waals surface area contributed by atoms with Crippen LogP contribution < -0.4 is 16.2 Å². The van der Waals surface area contributed by atoms with Crippen LogP contribution in [0.15, 0.2) is 18.2 Å². The van der Waals surface area contributed by atoms with E-state index in [2.05, 4.69) is 5.32 Å². The van der Waals surface area contributed by atoms with E-state index >= 15 is 0 Å². The van der Waals surface area contributed by atoms with E-state index in [9.17, 15) is 18.8 Å². The van der Waals surface area contributed by atoms with Crippen molar-refractivity contribution < 1.29 is 18.8 Å². The van der Waals surface area contributed by atoms with Crippen molar-refractivity contribution in [3.8, 4) is 0 Å². The molecule has 0 unspecified atom stereocenters. The Morgan fingerprint density at radius 2 is 1.90 bits per heavy atom. The Kier molecular flexibility index (Phi) is 4.74. The van der Waals surface area contributed by atoms with Crippen LogP contribution in [0.3, 0.4) is 0 Å². The molecule has 8 heteroatoms. The van der Waals surface area contributed by atoms with Crippen LogP contribution in [0.25, 0.3) is 0 Å². The van der Waals surface area contributed by atoms with Crippen LogP contribution in [0.2, 0.25) is 5.02 Å². The summed E-state index contributed by atoms with van der Waals surface area (Å²) in [6, 6.07) is 4.09. The van der Waals surface area contributed by atoms with Gasteiger partial charge < -0.3 is 5.32 Å². The van der Waals surface area contributed by atoms with Crippen LogP contribution in [-0.2, 0) is 20.8 Å². The van der Waals surface area contributed by atoms with Crippen molar-refractivity contribution >= 4 is 29.3 Å². The van der Waals surface area contributed by atoms with Crippen molar-refractivity contribution in [2.45, 2.75) is 25.3 Å². The molecule has 21 heavy (non-hydrogen) atoms. The Morgan fingerprint density at radius 1 is 1.19 bits per heavy atom. The van der Waals surface area contributed by atoms with Crippen molar-refractivity contribution in [3.05, 3.63) is 34.6 Å². The molecular weight excluding hydrogens is 301 g/mol. The van der Waals surface area contributed by atoms with Gasteiger partial charge in [0.1, 0.15) is 5.82 Å². The Hall–Kier alpha value is -2.15. The molecule has 3 N–H and O–H groups in total. The summed E-state index contributed by atoms with van der Waals surface area (Å²) < 4.78 is 13.5. The number of hydrogen-bond acceptors (Lipinski definition) is 3. The first-order valence-electron chi connectivity index (χ1n) is 6.30. The first-order valence-corrected chi connectivity index (χ1v) is 6.67. The van der Waals surface area contributed by atoms with Gasteiger partial charge in [0.05, 0.1) is 6.42 Å². The number of carbonyl (C=O) groups excluding carboxylic acids is 3. The van der Waals surface area contributed by atoms with Gasteiger partial charge in [-0.3, -0.25) is 25.2 Å². The smallest absolute Gasteiger partial charge is 0.327 e. The quantitative estimate of drug-likeness (QED) is 0.559. The van der Waals surface area contributed by atoms with Gasteiger partial charge in [0.25, 0.3) is 0 Å². The Bertz CT molecular complexity index is 570. The molecule has 1 aliphatic rings. The average Bonchev–Trinajstić information content (AvgIpc) is 3.24. The van der Waals surface area contributed by atoms with Gasteiger partial charge in [-0.15, -0.1) is 0 Å². The maximum Gasteiger partial charge on any atom is 0.327 e. The summed E-state index contributed by atoms with van der Waals surface area (Å²) in [5, 5.41) is 2.58. The highest BCUT2D eigenvalue weighted by Gasteiger charge is 2.26. The minimum atomic E-state index is -0.977. The van der Waals surface area contributed by atoms with Crippen molar-refractivity contribution in [3.63, 3.8) is 0 Å². The molecule has 0 bridgehead atoms. The number of hydrazine groups is 1. The largest absolute Gasteiger partial charge is 0.345 e. The molecule has 0 radical (unpaired) electrons. The second-order valence-corrected chi connectivity index (χ2v) is 5.03. The Labute approximate surface area is 125 Å². The molecule has 0 heterocycles. The van der Waals surface area contributed by atoms with Crippen LogP contribution >= 0.6 is 11.6 Å². The molecule has 0 spiro atoms. The fourth-order valence-corrected chi connectivity index (χ4v) is 1.80. The molecule has 3 amide bonds. The molecule has 1 aromatic carbocycles. The van der Waals surface area contributed by atoms with E-state index in [-0.39, 0.29) is 23.0 Å². The number of carbonyl (C=O) groups is 3. The third-order valence-electron chi connectivity index (χ3n) is 2.83. The zero-order valence-corrected chi connectivity index (χ0v) is 11.7. The summed E-state index contributed by atoms with van der Waals surface area (Å²) in [4.78, 5) is 34.3. The van der Waals surface area contributed by atoms with E-state index < -0.39 is 23.5 Å². The third kappa shape index (κ3) is 4.42. The summed E-state index contributed by atoms with van der Waals surface area (Å²) in [7, 11) is 0. The van der Waals surface area contributed by atoms with Crippen molar-refractivity contribution in [2.24, 2.45) is 0 Å². The fraction of sp³-hybridized carbons (Fsp3) is 0.308. The molecule has 1 aromatic rings. The van der Waals surface area contributed by atoms with Crippen LogP contribution in [0.4, 0.5) is 4.39 Å². The van der Waals surface area contributed by atoms with Gasteiger partial charge in [-0.25, -0.2) is 4.39 Å². The summed E-state index contributed by atoms with van der Waals surface area (Å²) in [5.41, 5.74) is 4.02. The summed E-state index contributed by atoms with van der Waals surface area (Å²) in [5.74, 6) is -3.10. The predicted molar refractivity (Wildman–Crippen MR) is 72.6 cm³/mol. The minimum absolute atomic E-state index is 0.0216. The number of rotatable bonds is 3. The van der Waals surface area contributed by atoms with E-state index in [1.165, 1.54) is 18.2 Å². The number of hydrogen-bond donors (Lipinski definition) is 3. The third-order valence-corrected chi connectivity index (χ3v) is 3.19. The molecule has 1 aliphatic carbocycles. The van der Waals surface area contributed by atoms with Gasteiger partial charge >= 0.3 is 11.8 Å². The second-order valence-electron chi connectivity index (χ2n) is 4.63. The van der Waals surface area contributed by atoms with Gasteiger partial charge in [0.15, 0.2) is 0 Å². The number of halogens is 2. The fourth-order valence-electron chi connectivity index (χ4n) is 1.57. The summed E-state index contributed by atoms with van der Waals surface area (Å²) in [6.45, 7) is 0. The topological polar surface area (TPSA) is 87.3 Å². The molecule has 2 rings (SSSR count). The lowest BCUT2D eigenvalue weighted by molar-refractivity contribution is -0.140. The van der Waals surface area contributed by atoms with Crippen molar-refractivity contribution in [2.75, 3.05) is 0 Å². The van der Waals surface area contributed by atoms with Gasteiger partial charge in [-0.05, 0) is 25.0 Å². The van der Waals surface area contributed by atoms with Crippen molar-refractivity contribution in [1.82, 2.24) is 16.2 Å². The van der Waals surface area contributed by atoms with E-state index in [1.54, 1.807) is 0 Å². The van der Waals surface area contributed by atoms with Crippen LogP contribution in [-0.4, -0.2) is 23.8 Å². The first-order chi connectivity index (χ1) is 9.97. The van der Waals surface area contributed by atoms with Gasteiger partial charge in [-0.1, -0.05) is 17.7 Å². The molecule has 0 aromatic heterocycles. The zero-order valence-electron chi connectivity index (χ0n) is 10.9. The molecular formula is C13H13ClFN3O3. The number of nitrogens with one attached hydrogen (secondary N) is 3. The maximum atomic E-state index is 13.5. The molecule has 6 nitrogen and oxygen atoms in total. The van der Waals surface area contributed by atoms with Gasteiger partial charge in [0, 0.05) is 16.6 Å². The maximum absolute atomic E-state index is 13.5. The van der Waals surface area contributed by atoms with Gasteiger partial charge in [-0.2, -0.15) is 0 Å². The van der Waals surface area contributed by atoms with Gasteiger partial charge in [0.2, 0.25) is 5.91 Å². The molecule has 0 atom stereocenters. The van der Waals surface area contributed by atoms with Crippen LogP contribution in [0.1, 0.15) is 18.4 Å². The lowest BCUT2D eigenvalue weighted by atomic mass is 10.1. The number of amides is 3. The second kappa shape index (κ2) is 6.53. The van der Waals surface area contributed by atoms with Crippen LogP contribution in [0, 0.1) is 5.82 Å². The average molecular weight is 314 g/mol. The van der Waals surface area contributed by atoms with E-state index in [1.807, 2.05) is 10.9 Å². The monoisotopic (exact) mass is 313 g/mol. The summed E-state index contributed by atoms with van der Waals surface area (Å²) >= 11 is 5.78. The van der Waals surface area contributed by atoms with E-state index in [0.717, 1.165) is 12.8 Å². The standard InChI is InChI=1S/C13H13ClFN3O3/c14-9-2-1-3-10(15)8(9)6-11(19)17-18-13(21)12(20)16-7-4-5-7/h1-3,7H,4-6H2,(H,16,20)(H,17,19)(H,18,21). The highest BCUT2D eigenvalue weighted by molar-refractivity contribution is 6.35. The first kappa shape index (κ1) is 15.2. The lowest BCUT2D eigenvalue weighted by Crippen LogP contribution is -2.49. The SMILES string of the molecule is O=C(Cc1c(F)cccc1Cl)NNC(=O)C(=O)NC1CC1. The number of benzene rings is 1. The Morgan fingerprint density at radius 3 is 2.52 bits per heavy atom. The normalized spacial score (nSPS) is 13.4. The molecule has 0 saturated heterocycles. The molecule has 1 fully saturated rings. The van der Waals surface area contributed by atoms with E-state index in [4.69, 9.17) is 11.6 Å². The van der Waals surface area contributed by atoms with Crippen LogP contribution in [0.5, 0.6) is 0 Å². The predicted octanol–water partition coefficient (Wildman–Crippen LogP) is 0.448. The molecule has 1 saturated carbocycles. The van der Waals surface area contributed by atoms with E-state index in [0.29, 0.717) is 0 Å².